The smallest absolute Gasteiger partial charge is 0.244 e. The van der Waals surface area contributed by atoms with Crippen LogP contribution in [0.4, 0.5) is 0 Å². The van der Waals surface area contributed by atoms with E-state index in [1.165, 1.54) is 11.1 Å². The molecule has 4 nitrogen and oxygen atoms in total. The van der Waals surface area contributed by atoms with Gasteiger partial charge in [-0.25, -0.2) is 0 Å². The molecule has 1 aliphatic rings. The zero-order valence-electron chi connectivity index (χ0n) is 13.0. The number of piperidine rings is 1. The molecule has 2 rings (SSSR count). The van der Waals surface area contributed by atoms with Gasteiger partial charge in [-0.1, -0.05) is 29.8 Å². The lowest BCUT2D eigenvalue weighted by molar-refractivity contribution is -0.139. The first-order chi connectivity index (χ1) is 9.92. The molecule has 1 heterocycles. The Morgan fingerprint density at radius 2 is 1.90 bits per heavy atom. The van der Waals surface area contributed by atoms with Crippen LogP contribution < -0.4 is 5.73 Å². The molecule has 21 heavy (non-hydrogen) atoms. The third-order valence-corrected chi connectivity index (χ3v) is 4.36. The van der Waals surface area contributed by atoms with Crippen LogP contribution in [-0.2, 0) is 11.2 Å². The minimum atomic E-state index is -1.15. The van der Waals surface area contributed by atoms with Crippen LogP contribution in [0, 0.1) is 12.8 Å². The van der Waals surface area contributed by atoms with Crippen LogP contribution >= 0.6 is 0 Å². The Balaban J connectivity index is 1.86. The summed E-state index contributed by atoms with van der Waals surface area (Å²) in [7, 11) is 0. The first kappa shape index (κ1) is 16.0. The number of carbonyl (C=O) groups is 1. The highest BCUT2D eigenvalue weighted by Gasteiger charge is 2.33. The minimum Gasteiger partial charge on any atom is -0.394 e. The summed E-state index contributed by atoms with van der Waals surface area (Å²) in [5.74, 6) is 0.480. The van der Waals surface area contributed by atoms with E-state index in [1.54, 1.807) is 11.8 Å². The van der Waals surface area contributed by atoms with Gasteiger partial charge in [-0.05, 0) is 44.6 Å². The first-order valence-corrected chi connectivity index (χ1v) is 7.67. The summed E-state index contributed by atoms with van der Waals surface area (Å²) in [5.41, 5.74) is 7.32. The summed E-state index contributed by atoms with van der Waals surface area (Å²) < 4.78 is 0. The van der Waals surface area contributed by atoms with Crippen LogP contribution in [0.5, 0.6) is 0 Å². The highest BCUT2D eigenvalue weighted by Crippen LogP contribution is 2.23. The second-order valence-corrected chi connectivity index (χ2v) is 6.50. The van der Waals surface area contributed by atoms with Crippen molar-refractivity contribution in [1.82, 2.24) is 4.90 Å². The van der Waals surface area contributed by atoms with E-state index in [1.807, 2.05) is 0 Å². The van der Waals surface area contributed by atoms with Gasteiger partial charge in [-0.2, -0.15) is 0 Å². The number of carbonyl (C=O) groups excluding carboxylic acids is 1. The van der Waals surface area contributed by atoms with E-state index >= 15 is 0 Å². The average molecular weight is 290 g/mol. The summed E-state index contributed by atoms with van der Waals surface area (Å²) in [6, 6.07) is 8.68. The minimum absolute atomic E-state index is 0.140. The SMILES string of the molecule is Cc1ccc(CC2CCN(C(=O)[C@](C)(N)CO)CC2)cc1. The fourth-order valence-electron chi connectivity index (χ4n) is 2.83. The third kappa shape index (κ3) is 4.05. The zero-order valence-corrected chi connectivity index (χ0v) is 13.0. The fourth-order valence-corrected chi connectivity index (χ4v) is 2.83. The highest BCUT2D eigenvalue weighted by atomic mass is 16.3. The molecule has 0 saturated carbocycles. The molecule has 0 unspecified atom stereocenters. The van der Waals surface area contributed by atoms with Crippen molar-refractivity contribution in [1.29, 1.82) is 0 Å². The number of hydrogen-bond donors (Lipinski definition) is 2. The normalized spacial score (nSPS) is 19.3. The predicted octanol–water partition coefficient (Wildman–Crippen LogP) is 1.49. The number of aliphatic hydroxyl groups excluding tert-OH is 1. The third-order valence-electron chi connectivity index (χ3n) is 4.36. The molecule has 0 bridgehead atoms. The van der Waals surface area contributed by atoms with E-state index in [-0.39, 0.29) is 12.5 Å². The monoisotopic (exact) mass is 290 g/mol. The molecule has 0 aliphatic carbocycles. The lowest BCUT2D eigenvalue weighted by Gasteiger charge is -2.36. The van der Waals surface area contributed by atoms with Crippen molar-refractivity contribution in [2.75, 3.05) is 19.7 Å². The Bertz CT molecular complexity index is 474. The lowest BCUT2D eigenvalue weighted by atomic mass is 9.89. The van der Waals surface area contributed by atoms with Crippen LogP contribution in [0.1, 0.15) is 30.9 Å². The van der Waals surface area contributed by atoms with Gasteiger partial charge >= 0.3 is 0 Å². The van der Waals surface area contributed by atoms with Gasteiger partial charge in [0, 0.05) is 13.1 Å². The number of likely N-dealkylation sites (tertiary alicyclic amines) is 1. The quantitative estimate of drug-likeness (QED) is 0.883. The van der Waals surface area contributed by atoms with Gasteiger partial charge in [0.2, 0.25) is 5.91 Å². The number of aryl methyl sites for hydroxylation is 1. The van der Waals surface area contributed by atoms with Crippen molar-refractivity contribution in [3.63, 3.8) is 0 Å². The molecular weight excluding hydrogens is 264 g/mol. The number of hydrogen-bond acceptors (Lipinski definition) is 3. The molecule has 4 heteroatoms. The Morgan fingerprint density at radius 1 is 1.33 bits per heavy atom. The van der Waals surface area contributed by atoms with Crippen molar-refractivity contribution in [2.24, 2.45) is 11.7 Å². The van der Waals surface area contributed by atoms with Crippen LogP contribution in [0.15, 0.2) is 24.3 Å². The Morgan fingerprint density at radius 3 is 2.43 bits per heavy atom. The van der Waals surface area contributed by atoms with Crippen molar-refractivity contribution < 1.29 is 9.90 Å². The van der Waals surface area contributed by atoms with Crippen LogP contribution in [0.25, 0.3) is 0 Å². The fraction of sp³-hybridized carbons (Fsp3) is 0.588. The molecule has 1 aromatic rings. The molecule has 0 aromatic heterocycles. The van der Waals surface area contributed by atoms with E-state index in [2.05, 4.69) is 31.2 Å². The van der Waals surface area contributed by atoms with E-state index in [9.17, 15) is 9.90 Å². The van der Waals surface area contributed by atoms with Gasteiger partial charge in [-0.3, -0.25) is 4.79 Å². The van der Waals surface area contributed by atoms with Gasteiger partial charge < -0.3 is 15.7 Å². The Hall–Kier alpha value is -1.39. The summed E-state index contributed by atoms with van der Waals surface area (Å²) in [5, 5.41) is 9.19. The molecule has 116 valence electrons. The van der Waals surface area contributed by atoms with E-state index in [4.69, 9.17) is 5.73 Å². The number of nitrogens with zero attached hydrogens (tertiary/aromatic N) is 1. The maximum Gasteiger partial charge on any atom is 0.244 e. The van der Waals surface area contributed by atoms with Gasteiger partial charge in [0.15, 0.2) is 0 Å². The van der Waals surface area contributed by atoms with Crippen molar-refractivity contribution in [3.05, 3.63) is 35.4 Å². The van der Waals surface area contributed by atoms with E-state index in [0.717, 1.165) is 32.4 Å². The Labute approximate surface area is 126 Å². The van der Waals surface area contributed by atoms with E-state index < -0.39 is 5.54 Å². The second kappa shape index (κ2) is 6.58. The van der Waals surface area contributed by atoms with Crippen molar-refractivity contribution in [2.45, 2.75) is 38.6 Å². The average Bonchev–Trinajstić information content (AvgIpc) is 2.49. The molecule has 1 fully saturated rings. The number of nitrogens with two attached hydrogens (primary N) is 1. The largest absolute Gasteiger partial charge is 0.394 e. The second-order valence-electron chi connectivity index (χ2n) is 6.50. The van der Waals surface area contributed by atoms with Gasteiger partial charge in [0.25, 0.3) is 0 Å². The molecule has 1 aromatic carbocycles. The number of rotatable bonds is 4. The summed E-state index contributed by atoms with van der Waals surface area (Å²) >= 11 is 0. The first-order valence-electron chi connectivity index (χ1n) is 7.67. The zero-order chi connectivity index (χ0) is 15.5. The molecule has 1 saturated heterocycles. The van der Waals surface area contributed by atoms with Crippen LogP contribution in [-0.4, -0.2) is 41.1 Å². The summed E-state index contributed by atoms with van der Waals surface area (Å²) in [6.45, 7) is 4.85. The highest BCUT2D eigenvalue weighted by molar-refractivity contribution is 5.85. The van der Waals surface area contributed by atoms with Gasteiger partial charge in [0.05, 0.1) is 6.61 Å². The molecule has 1 atom stereocenters. The molecular formula is C17H26N2O2. The molecule has 3 N–H and O–H groups in total. The standard InChI is InChI=1S/C17H26N2O2/c1-13-3-5-14(6-4-13)11-15-7-9-19(10-8-15)16(21)17(2,18)12-20/h3-6,15,20H,7-12,18H2,1-2H3/t17-/m1/s1. The maximum atomic E-state index is 12.2. The molecule has 1 aliphatic heterocycles. The van der Waals surface area contributed by atoms with Crippen LogP contribution in [0.2, 0.25) is 0 Å². The molecule has 1 amide bonds. The summed E-state index contributed by atoms with van der Waals surface area (Å²) in [4.78, 5) is 14.0. The topological polar surface area (TPSA) is 66.6 Å². The van der Waals surface area contributed by atoms with Gasteiger partial charge in [-0.15, -0.1) is 0 Å². The van der Waals surface area contributed by atoms with Gasteiger partial charge in [0.1, 0.15) is 5.54 Å². The predicted molar refractivity (Wildman–Crippen MR) is 83.9 cm³/mol. The van der Waals surface area contributed by atoms with E-state index in [0.29, 0.717) is 5.92 Å². The maximum absolute atomic E-state index is 12.2. The lowest BCUT2D eigenvalue weighted by Crippen LogP contribution is -2.57. The Kier molecular flexibility index (Phi) is 5.01. The molecule has 0 spiro atoms. The van der Waals surface area contributed by atoms with Crippen molar-refractivity contribution in [3.8, 4) is 0 Å². The summed E-state index contributed by atoms with van der Waals surface area (Å²) in [6.07, 6.45) is 3.07. The van der Waals surface area contributed by atoms with Crippen molar-refractivity contribution >= 4 is 5.91 Å². The number of benzene rings is 1. The number of amides is 1. The molecule has 0 radical (unpaired) electrons. The number of aliphatic hydroxyl groups is 1. The van der Waals surface area contributed by atoms with Crippen LogP contribution in [0.3, 0.4) is 0 Å².